The number of carbonyl (C=O) groups excluding carboxylic acids is 1. The highest BCUT2D eigenvalue weighted by Gasteiger charge is 2.35. The van der Waals surface area contributed by atoms with E-state index < -0.39 is 29.4 Å². The fraction of sp³-hybridized carbons (Fsp3) is 0.394. The lowest BCUT2D eigenvalue weighted by molar-refractivity contribution is -0.160. The van der Waals surface area contributed by atoms with Gasteiger partial charge in [0, 0.05) is 35.0 Å². The Kier molecular flexibility index (Phi) is 8.25. The number of benzene rings is 2. The van der Waals surface area contributed by atoms with Gasteiger partial charge in [0.15, 0.2) is 29.0 Å². The van der Waals surface area contributed by atoms with E-state index in [1.807, 2.05) is 31.2 Å². The molecule has 0 aliphatic carbocycles. The highest BCUT2D eigenvalue weighted by molar-refractivity contribution is 5.93. The molecular weight excluding hydrogens is 551 g/mol. The molecule has 1 amide bonds. The van der Waals surface area contributed by atoms with E-state index in [2.05, 4.69) is 22.3 Å². The fourth-order valence-electron chi connectivity index (χ4n) is 5.47. The lowest BCUT2D eigenvalue weighted by Crippen LogP contribution is -2.29. The van der Waals surface area contributed by atoms with Gasteiger partial charge in [0.25, 0.3) is 5.91 Å². The quantitative estimate of drug-likeness (QED) is 0.263. The van der Waals surface area contributed by atoms with Crippen LogP contribution in [-0.4, -0.2) is 43.8 Å². The second-order valence-corrected chi connectivity index (χ2v) is 11.9. The largest absolute Gasteiger partial charge is 0.490 e. The average Bonchev–Trinajstić information content (AvgIpc) is 3.39. The number of carboxylic acid groups (broad SMARTS) is 1. The van der Waals surface area contributed by atoms with Crippen LogP contribution in [0.25, 0.3) is 16.9 Å². The molecular formula is C33H37FN4O5. The van der Waals surface area contributed by atoms with Crippen molar-refractivity contribution < 1.29 is 28.6 Å². The van der Waals surface area contributed by atoms with E-state index in [0.717, 1.165) is 29.5 Å². The number of rotatable bonds is 8. The number of carbonyl (C=O) groups is 2. The molecule has 2 aromatic heterocycles. The first-order valence-electron chi connectivity index (χ1n) is 14.5. The summed E-state index contributed by atoms with van der Waals surface area (Å²) in [6.45, 7) is 11.6. The second-order valence-electron chi connectivity index (χ2n) is 11.9. The molecule has 0 saturated carbocycles. The molecule has 226 valence electrons. The minimum Gasteiger partial charge on any atom is -0.490 e. The fourth-order valence-corrected chi connectivity index (χ4v) is 5.47. The summed E-state index contributed by atoms with van der Waals surface area (Å²) in [4.78, 5) is 30.6. The summed E-state index contributed by atoms with van der Waals surface area (Å²) in [6, 6.07) is 10.9. The van der Waals surface area contributed by atoms with Crippen molar-refractivity contribution in [2.75, 3.05) is 6.61 Å². The highest BCUT2D eigenvalue weighted by Crippen LogP contribution is 2.41. The van der Waals surface area contributed by atoms with Gasteiger partial charge in [-0.2, -0.15) is 5.10 Å². The second kappa shape index (κ2) is 11.8. The normalized spacial score (nSPS) is 13.8. The molecule has 4 aromatic rings. The number of halogens is 1. The lowest BCUT2D eigenvalue weighted by atomic mass is 9.91. The number of amides is 1. The van der Waals surface area contributed by atoms with Crippen molar-refractivity contribution in [1.29, 1.82) is 0 Å². The predicted molar refractivity (Wildman–Crippen MR) is 160 cm³/mol. The van der Waals surface area contributed by atoms with Crippen LogP contribution < -0.4 is 10.1 Å². The van der Waals surface area contributed by atoms with Gasteiger partial charge in [0.1, 0.15) is 0 Å². The predicted octanol–water partition coefficient (Wildman–Crippen LogP) is 5.91. The topological polar surface area (TPSA) is 115 Å². The molecule has 0 unspecified atom stereocenters. The monoisotopic (exact) mass is 588 g/mol. The molecule has 3 heterocycles. The van der Waals surface area contributed by atoms with Crippen molar-refractivity contribution in [3.05, 3.63) is 81.4 Å². The molecule has 0 bridgehead atoms. The van der Waals surface area contributed by atoms with Gasteiger partial charge in [-0.3, -0.25) is 4.79 Å². The van der Waals surface area contributed by atoms with Crippen LogP contribution in [0.2, 0.25) is 0 Å². The molecule has 1 atom stereocenters. The number of carboxylic acids is 1. The zero-order valence-electron chi connectivity index (χ0n) is 25.4. The summed E-state index contributed by atoms with van der Waals surface area (Å²) in [7, 11) is 0. The van der Waals surface area contributed by atoms with Gasteiger partial charge in [-0.15, -0.1) is 0 Å². The molecule has 43 heavy (non-hydrogen) atoms. The minimum atomic E-state index is -1.44. The molecule has 1 aliphatic heterocycles. The van der Waals surface area contributed by atoms with E-state index in [1.54, 1.807) is 33.8 Å². The number of aliphatic carboxylic acids is 1. The third kappa shape index (κ3) is 6.10. The van der Waals surface area contributed by atoms with Crippen molar-refractivity contribution >= 4 is 17.5 Å². The standard InChI is InChI=1S/C33H37FN4O5/c1-7-20-10-12-21(13-11-20)17-35-31(39)25-16-26-36-19(3)27(30(32(40)41)43-33(4,5)6)28(38(26)37-25)23-15-24(34)29-22(18(23)2)9-8-14-42-29/h10-13,15-16,30H,7-9,14,17H2,1-6H3,(H,35,39)(H,40,41)/t30-/m0/s1. The first-order chi connectivity index (χ1) is 20.4. The molecule has 0 spiro atoms. The third-order valence-corrected chi connectivity index (χ3v) is 7.60. The summed E-state index contributed by atoms with van der Waals surface area (Å²) in [5.74, 6) is -1.98. The summed E-state index contributed by atoms with van der Waals surface area (Å²) in [5, 5.41) is 17.8. The number of ether oxygens (including phenoxy) is 2. The van der Waals surface area contributed by atoms with Crippen molar-refractivity contribution in [1.82, 2.24) is 19.9 Å². The number of hydrogen-bond acceptors (Lipinski definition) is 6. The number of hydrogen-bond donors (Lipinski definition) is 2. The van der Waals surface area contributed by atoms with Crippen molar-refractivity contribution in [2.24, 2.45) is 0 Å². The molecule has 2 N–H and O–H groups in total. The molecule has 10 heteroatoms. The SMILES string of the molecule is CCc1ccc(CNC(=O)c2cc3nc(C)c([C@H](OC(C)(C)C)C(=O)O)c(-c4cc(F)c5c(c4C)CCCO5)n3n2)cc1. The van der Waals surface area contributed by atoms with Crippen molar-refractivity contribution in [3.63, 3.8) is 0 Å². The molecule has 0 fully saturated rings. The van der Waals surface area contributed by atoms with E-state index in [0.29, 0.717) is 42.2 Å². The van der Waals surface area contributed by atoms with Crippen LogP contribution in [-0.2, 0) is 28.9 Å². The maximum atomic E-state index is 15.5. The van der Waals surface area contributed by atoms with Gasteiger partial charge in [-0.1, -0.05) is 31.2 Å². The van der Waals surface area contributed by atoms with Crippen molar-refractivity contribution in [2.45, 2.75) is 79.1 Å². The minimum absolute atomic E-state index is 0.0958. The van der Waals surface area contributed by atoms with Gasteiger partial charge in [-0.05, 0) is 76.6 Å². The maximum Gasteiger partial charge on any atom is 0.337 e. The average molecular weight is 589 g/mol. The van der Waals surface area contributed by atoms with E-state index in [1.165, 1.54) is 16.1 Å². The molecule has 0 saturated heterocycles. The van der Waals surface area contributed by atoms with Crippen LogP contribution in [0.1, 0.15) is 84.2 Å². The number of aromatic nitrogens is 3. The lowest BCUT2D eigenvalue weighted by Gasteiger charge is -2.28. The summed E-state index contributed by atoms with van der Waals surface area (Å²) in [6.07, 6.45) is 0.831. The Morgan fingerprint density at radius 1 is 1.16 bits per heavy atom. The Bertz CT molecular complexity index is 1710. The molecule has 9 nitrogen and oxygen atoms in total. The van der Waals surface area contributed by atoms with Crippen LogP contribution in [0.3, 0.4) is 0 Å². The Balaban J connectivity index is 1.67. The molecule has 0 radical (unpaired) electrons. The number of aryl methyl sites for hydroxylation is 2. The van der Waals surface area contributed by atoms with Crippen LogP contribution in [0.4, 0.5) is 4.39 Å². The molecule has 5 rings (SSSR count). The third-order valence-electron chi connectivity index (χ3n) is 7.60. The Labute approximate surface area is 250 Å². The molecule has 1 aliphatic rings. The smallest absolute Gasteiger partial charge is 0.337 e. The van der Waals surface area contributed by atoms with Crippen LogP contribution in [0, 0.1) is 19.7 Å². The van der Waals surface area contributed by atoms with E-state index in [-0.39, 0.29) is 17.0 Å². The highest BCUT2D eigenvalue weighted by atomic mass is 19.1. The molecule has 2 aromatic carbocycles. The van der Waals surface area contributed by atoms with Gasteiger partial charge in [-0.25, -0.2) is 18.7 Å². The van der Waals surface area contributed by atoms with Gasteiger partial charge in [0.05, 0.1) is 17.9 Å². The van der Waals surface area contributed by atoms with Crippen LogP contribution >= 0.6 is 0 Å². The van der Waals surface area contributed by atoms with E-state index in [9.17, 15) is 14.7 Å². The summed E-state index contributed by atoms with van der Waals surface area (Å²) in [5.41, 5.74) is 4.54. The summed E-state index contributed by atoms with van der Waals surface area (Å²) >= 11 is 0. The Hall–Kier alpha value is -4.31. The van der Waals surface area contributed by atoms with Crippen LogP contribution in [0.5, 0.6) is 5.75 Å². The zero-order chi connectivity index (χ0) is 31.1. The van der Waals surface area contributed by atoms with E-state index in [4.69, 9.17) is 9.47 Å². The van der Waals surface area contributed by atoms with Crippen molar-refractivity contribution in [3.8, 4) is 17.0 Å². The zero-order valence-corrected chi connectivity index (χ0v) is 25.4. The summed E-state index contributed by atoms with van der Waals surface area (Å²) < 4.78 is 28.6. The Morgan fingerprint density at radius 3 is 2.51 bits per heavy atom. The Morgan fingerprint density at radius 2 is 1.86 bits per heavy atom. The number of fused-ring (bicyclic) bond motifs is 2. The maximum absolute atomic E-state index is 15.5. The number of nitrogens with one attached hydrogen (secondary N) is 1. The van der Waals surface area contributed by atoms with Gasteiger partial charge in [0.2, 0.25) is 0 Å². The van der Waals surface area contributed by atoms with Gasteiger partial charge >= 0.3 is 5.97 Å². The first kappa shape index (κ1) is 30.2. The number of nitrogens with zero attached hydrogens (tertiary/aromatic N) is 3. The van der Waals surface area contributed by atoms with E-state index >= 15 is 4.39 Å². The first-order valence-corrected chi connectivity index (χ1v) is 14.5. The van der Waals surface area contributed by atoms with Crippen LogP contribution in [0.15, 0.2) is 36.4 Å². The van der Waals surface area contributed by atoms with Gasteiger partial charge < -0.3 is 19.9 Å².